The number of ether oxygens (including phenoxy) is 1. The molecule has 0 N–H and O–H groups in total. The lowest BCUT2D eigenvalue weighted by Gasteiger charge is -2.29. The summed E-state index contributed by atoms with van der Waals surface area (Å²) in [7, 11) is -3.18. The smallest absolute Gasteiger partial charge is 0.410 e. The minimum Gasteiger partial charge on any atom is -0.447 e. The number of unbranched alkanes of at least 4 members (excludes halogenated alkanes) is 1. The van der Waals surface area contributed by atoms with Crippen molar-refractivity contribution in [3.8, 4) is 0 Å². The van der Waals surface area contributed by atoms with Crippen molar-refractivity contribution in [1.29, 1.82) is 0 Å². The molecule has 1 saturated heterocycles. The van der Waals surface area contributed by atoms with Crippen LogP contribution in [0.3, 0.4) is 0 Å². The van der Waals surface area contributed by atoms with Gasteiger partial charge in [-0.05, 0) is 77.2 Å². The molecule has 1 aliphatic heterocycles. The summed E-state index contributed by atoms with van der Waals surface area (Å²) in [6, 6.07) is 7.51. The summed E-state index contributed by atoms with van der Waals surface area (Å²) in [6.07, 6.45) is 4.87. The molecule has 198 valence electrons. The first-order valence-corrected chi connectivity index (χ1v) is 14.7. The molecule has 0 aromatic heterocycles. The molecule has 0 spiro atoms. The van der Waals surface area contributed by atoms with Crippen LogP contribution in [0.1, 0.15) is 58.9 Å². The van der Waals surface area contributed by atoms with E-state index in [1.54, 1.807) is 17.0 Å². The van der Waals surface area contributed by atoms with Gasteiger partial charge >= 0.3 is 6.09 Å². The Morgan fingerprint density at radius 1 is 1.06 bits per heavy atom. The van der Waals surface area contributed by atoms with Crippen LogP contribution in [0.25, 0.3) is 0 Å². The number of hydrogen-bond acceptors (Lipinski definition) is 6. The molecule has 1 heterocycles. The maximum absolute atomic E-state index is 12.5. The Labute approximate surface area is 211 Å². The van der Waals surface area contributed by atoms with Gasteiger partial charge in [0.15, 0.2) is 9.84 Å². The summed E-state index contributed by atoms with van der Waals surface area (Å²) >= 11 is 0. The second-order valence-electron chi connectivity index (χ2n) is 9.76. The summed E-state index contributed by atoms with van der Waals surface area (Å²) in [5, 5.41) is 0. The van der Waals surface area contributed by atoms with Gasteiger partial charge in [0.05, 0.1) is 11.0 Å². The van der Waals surface area contributed by atoms with Crippen molar-refractivity contribution in [2.24, 2.45) is 0 Å². The average Bonchev–Trinajstić information content (AvgIpc) is 2.96. The van der Waals surface area contributed by atoms with Crippen molar-refractivity contribution in [3.63, 3.8) is 0 Å². The summed E-state index contributed by atoms with van der Waals surface area (Å²) in [5.41, 5.74) is 1.13. The summed E-state index contributed by atoms with van der Waals surface area (Å²) in [5.74, 6) is 0.0983. The van der Waals surface area contributed by atoms with Crippen molar-refractivity contribution in [2.45, 2.75) is 76.8 Å². The van der Waals surface area contributed by atoms with Gasteiger partial charge in [0, 0.05) is 44.9 Å². The van der Waals surface area contributed by atoms with Crippen LogP contribution >= 0.6 is 0 Å². The fraction of sp³-hybridized carbons (Fsp3) is 0.692. The van der Waals surface area contributed by atoms with Gasteiger partial charge in [-0.25, -0.2) is 13.2 Å². The first-order valence-electron chi connectivity index (χ1n) is 12.8. The predicted molar refractivity (Wildman–Crippen MR) is 138 cm³/mol. The van der Waals surface area contributed by atoms with Gasteiger partial charge in [-0.2, -0.15) is 0 Å². The van der Waals surface area contributed by atoms with Crippen LogP contribution in [0, 0.1) is 0 Å². The molecular weight excluding hydrogens is 466 g/mol. The molecule has 1 aromatic carbocycles. The lowest BCUT2D eigenvalue weighted by molar-refractivity contribution is -0.130. The summed E-state index contributed by atoms with van der Waals surface area (Å²) in [6.45, 7) is 12.1. The van der Waals surface area contributed by atoms with E-state index in [0.29, 0.717) is 43.5 Å². The number of nitrogens with zero attached hydrogens (tertiary/aromatic N) is 3. The molecule has 0 aliphatic carbocycles. The van der Waals surface area contributed by atoms with E-state index in [2.05, 4.69) is 18.7 Å². The Kier molecular flexibility index (Phi) is 11.5. The number of amides is 2. The number of carbonyl (C=O) groups is 2. The normalized spacial score (nSPS) is 16.0. The largest absolute Gasteiger partial charge is 0.447 e. The van der Waals surface area contributed by atoms with Gasteiger partial charge in [-0.3, -0.25) is 4.79 Å². The first kappa shape index (κ1) is 29.1. The zero-order chi connectivity index (χ0) is 26.0. The highest BCUT2D eigenvalue weighted by atomic mass is 32.2. The Bertz CT molecular complexity index is 917. The van der Waals surface area contributed by atoms with Crippen molar-refractivity contribution in [1.82, 2.24) is 14.7 Å². The maximum atomic E-state index is 12.5. The highest BCUT2D eigenvalue weighted by Gasteiger charge is 2.25. The fourth-order valence-electron chi connectivity index (χ4n) is 4.36. The predicted octanol–water partition coefficient (Wildman–Crippen LogP) is 3.59. The molecule has 1 aliphatic rings. The SMILES string of the molecule is CCCN(CCCCN1CCN(C(=O)OC(C)C)CCC1=O)C(C)Cc1ccc(S(C)(=O)=O)cc1. The standard InChI is InChI=1S/C26H43N3O5S/c1-6-14-27(22(4)20-23-9-11-24(12-10-23)35(5,32)33)15-7-8-16-28-18-19-29(17-13-25(28)30)26(31)34-21(2)3/h9-12,21-22H,6-8,13-20H2,1-5H3. The zero-order valence-electron chi connectivity index (χ0n) is 22.0. The van der Waals surface area contributed by atoms with Gasteiger partial charge in [0.1, 0.15) is 0 Å². The van der Waals surface area contributed by atoms with E-state index in [1.165, 1.54) is 6.26 Å². The Morgan fingerprint density at radius 3 is 2.34 bits per heavy atom. The highest BCUT2D eigenvalue weighted by Crippen LogP contribution is 2.15. The molecule has 1 unspecified atom stereocenters. The molecule has 1 aromatic rings. The van der Waals surface area contributed by atoms with Gasteiger partial charge in [-0.1, -0.05) is 19.1 Å². The quantitative estimate of drug-likeness (QED) is 0.400. The monoisotopic (exact) mass is 509 g/mol. The van der Waals surface area contributed by atoms with E-state index in [4.69, 9.17) is 4.74 Å². The number of rotatable bonds is 12. The van der Waals surface area contributed by atoms with Crippen molar-refractivity contribution < 1.29 is 22.7 Å². The highest BCUT2D eigenvalue weighted by molar-refractivity contribution is 7.90. The zero-order valence-corrected chi connectivity index (χ0v) is 22.8. The number of sulfone groups is 1. The minimum atomic E-state index is -3.18. The van der Waals surface area contributed by atoms with E-state index >= 15 is 0 Å². The molecule has 9 heteroatoms. The Hall–Kier alpha value is -2.13. The van der Waals surface area contributed by atoms with E-state index in [-0.39, 0.29) is 18.1 Å². The van der Waals surface area contributed by atoms with Gasteiger partial charge < -0.3 is 19.4 Å². The van der Waals surface area contributed by atoms with Crippen molar-refractivity contribution in [3.05, 3.63) is 29.8 Å². The molecule has 8 nitrogen and oxygen atoms in total. The second kappa shape index (κ2) is 13.8. The topological polar surface area (TPSA) is 87.2 Å². The number of benzene rings is 1. The molecule has 1 atom stereocenters. The molecule has 2 amide bonds. The minimum absolute atomic E-state index is 0.0983. The maximum Gasteiger partial charge on any atom is 0.410 e. The molecule has 2 rings (SSSR count). The van der Waals surface area contributed by atoms with Crippen LogP contribution in [0.15, 0.2) is 29.2 Å². The van der Waals surface area contributed by atoms with E-state index < -0.39 is 9.84 Å². The molecular formula is C26H43N3O5S. The number of hydrogen-bond donors (Lipinski definition) is 0. The fourth-order valence-corrected chi connectivity index (χ4v) is 4.99. The summed E-state index contributed by atoms with van der Waals surface area (Å²) in [4.78, 5) is 31.0. The lowest BCUT2D eigenvalue weighted by Crippen LogP contribution is -2.38. The third-order valence-electron chi connectivity index (χ3n) is 6.32. The molecule has 35 heavy (non-hydrogen) atoms. The molecule has 1 fully saturated rings. The van der Waals surface area contributed by atoms with Gasteiger partial charge in [-0.15, -0.1) is 0 Å². The van der Waals surface area contributed by atoms with Crippen LogP contribution < -0.4 is 0 Å². The molecule has 0 bridgehead atoms. The third-order valence-corrected chi connectivity index (χ3v) is 7.45. The van der Waals surface area contributed by atoms with E-state index in [1.807, 2.05) is 30.9 Å². The van der Waals surface area contributed by atoms with Gasteiger partial charge in [0.2, 0.25) is 5.91 Å². The summed E-state index contributed by atoms with van der Waals surface area (Å²) < 4.78 is 28.7. The second-order valence-corrected chi connectivity index (χ2v) is 11.8. The van der Waals surface area contributed by atoms with Crippen molar-refractivity contribution in [2.75, 3.05) is 45.5 Å². The van der Waals surface area contributed by atoms with E-state index in [9.17, 15) is 18.0 Å². The van der Waals surface area contributed by atoms with E-state index in [0.717, 1.165) is 44.3 Å². The average molecular weight is 510 g/mol. The van der Waals surface area contributed by atoms with Crippen LogP contribution in [0.4, 0.5) is 4.79 Å². The first-order chi connectivity index (χ1) is 16.5. The Morgan fingerprint density at radius 2 is 1.74 bits per heavy atom. The van der Waals surface area contributed by atoms with Crippen molar-refractivity contribution >= 4 is 21.8 Å². The molecule has 0 radical (unpaired) electrons. The number of carbonyl (C=O) groups excluding carboxylic acids is 2. The Balaban J connectivity index is 1.81. The molecule has 0 saturated carbocycles. The lowest BCUT2D eigenvalue weighted by atomic mass is 10.1. The van der Waals surface area contributed by atoms with Crippen LogP contribution in [-0.2, 0) is 25.8 Å². The third kappa shape index (κ3) is 9.80. The van der Waals surface area contributed by atoms with Crippen LogP contribution in [0.2, 0.25) is 0 Å². The van der Waals surface area contributed by atoms with Gasteiger partial charge in [0.25, 0.3) is 0 Å². The van der Waals surface area contributed by atoms with Crippen LogP contribution in [0.5, 0.6) is 0 Å². The van der Waals surface area contributed by atoms with Crippen LogP contribution in [-0.4, -0.2) is 92.8 Å².